The molecule has 5 nitrogen and oxygen atoms in total. The molecular formula is C17H22N2O3S2. The zero-order valence-electron chi connectivity index (χ0n) is 14.0. The minimum Gasteiger partial charge on any atom is -0.347 e. The molecule has 0 spiro atoms. The predicted octanol–water partition coefficient (Wildman–Crippen LogP) is 3.09. The number of amides is 1. The van der Waals surface area contributed by atoms with Crippen molar-refractivity contribution < 1.29 is 13.2 Å². The third kappa shape index (κ3) is 4.58. The molecule has 0 saturated carbocycles. The Morgan fingerprint density at radius 1 is 1.25 bits per heavy atom. The first-order chi connectivity index (χ1) is 11.3. The van der Waals surface area contributed by atoms with Gasteiger partial charge in [-0.2, -0.15) is 0 Å². The van der Waals surface area contributed by atoms with Crippen molar-refractivity contribution in [1.82, 2.24) is 5.32 Å². The van der Waals surface area contributed by atoms with E-state index >= 15 is 0 Å². The van der Waals surface area contributed by atoms with Gasteiger partial charge in [0, 0.05) is 4.88 Å². The first-order valence-electron chi connectivity index (χ1n) is 7.69. The molecule has 24 heavy (non-hydrogen) atoms. The van der Waals surface area contributed by atoms with Crippen molar-refractivity contribution in [2.24, 2.45) is 0 Å². The van der Waals surface area contributed by atoms with Crippen molar-refractivity contribution in [3.05, 3.63) is 52.2 Å². The van der Waals surface area contributed by atoms with E-state index in [1.807, 2.05) is 43.5 Å². The summed E-state index contributed by atoms with van der Waals surface area (Å²) < 4.78 is 25.5. The lowest BCUT2D eigenvalue weighted by molar-refractivity contribution is -0.120. The number of rotatable bonds is 7. The van der Waals surface area contributed by atoms with Gasteiger partial charge in [0.15, 0.2) is 0 Å². The monoisotopic (exact) mass is 366 g/mol. The highest BCUT2D eigenvalue weighted by Crippen LogP contribution is 2.23. The van der Waals surface area contributed by atoms with Crippen LogP contribution >= 0.6 is 11.3 Å². The molecule has 0 radical (unpaired) electrons. The van der Waals surface area contributed by atoms with Gasteiger partial charge in [0.05, 0.1) is 18.0 Å². The average molecular weight is 367 g/mol. The number of thiophene rings is 1. The summed E-state index contributed by atoms with van der Waals surface area (Å²) in [5, 5.41) is 4.88. The summed E-state index contributed by atoms with van der Waals surface area (Å²) in [5.74, 6) is -0.316. The quantitative estimate of drug-likeness (QED) is 0.819. The SMILES string of the molecule is CCC(NC(=O)CN(c1ccccc1C)S(C)(=O)=O)c1cccs1. The van der Waals surface area contributed by atoms with E-state index in [4.69, 9.17) is 0 Å². The zero-order chi connectivity index (χ0) is 17.7. The van der Waals surface area contributed by atoms with Crippen molar-refractivity contribution in [3.8, 4) is 0 Å². The van der Waals surface area contributed by atoms with Crippen molar-refractivity contribution in [1.29, 1.82) is 0 Å². The van der Waals surface area contributed by atoms with Gasteiger partial charge in [-0.1, -0.05) is 31.2 Å². The van der Waals surface area contributed by atoms with Gasteiger partial charge in [0.25, 0.3) is 0 Å². The molecule has 0 saturated heterocycles. The van der Waals surface area contributed by atoms with Crippen LogP contribution in [-0.2, 0) is 14.8 Å². The third-order valence-electron chi connectivity index (χ3n) is 3.70. The number of carbonyl (C=O) groups is 1. The second-order valence-electron chi connectivity index (χ2n) is 5.60. The van der Waals surface area contributed by atoms with E-state index in [2.05, 4.69) is 5.32 Å². The highest BCUT2D eigenvalue weighted by atomic mass is 32.2. The van der Waals surface area contributed by atoms with Gasteiger partial charge in [-0.3, -0.25) is 9.10 Å². The van der Waals surface area contributed by atoms with Crippen LogP contribution in [0, 0.1) is 6.92 Å². The van der Waals surface area contributed by atoms with E-state index in [0.29, 0.717) is 5.69 Å². The fourth-order valence-electron chi connectivity index (χ4n) is 2.46. The van der Waals surface area contributed by atoms with E-state index in [-0.39, 0.29) is 18.5 Å². The van der Waals surface area contributed by atoms with Crippen molar-refractivity contribution >= 4 is 33.0 Å². The van der Waals surface area contributed by atoms with E-state index < -0.39 is 10.0 Å². The fraction of sp³-hybridized carbons (Fsp3) is 0.353. The van der Waals surface area contributed by atoms with E-state index in [0.717, 1.165) is 27.4 Å². The van der Waals surface area contributed by atoms with Crippen LogP contribution < -0.4 is 9.62 Å². The molecule has 0 fully saturated rings. The Balaban J connectivity index is 2.18. The number of hydrogen-bond donors (Lipinski definition) is 1. The second kappa shape index (κ2) is 7.81. The largest absolute Gasteiger partial charge is 0.347 e. The Kier molecular flexibility index (Phi) is 6.01. The topological polar surface area (TPSA) is 66.5 Å². The summed E-state index contributed by atoms with van der Waals surface area (Å²) in [7, 11) is -3.56. The van der Waals surface area contributed by atoms with Gasteiger partial charge >= 0.3 is 0 Å². The smallest absolute Gasteiger partial charge is 0.241 e. The number of nitrogens with one attached hydrogen (secondary N) is 1. The van der Waals surface area contributed by atoms with Crippen LogP contribution in [0.2, 0.25) is 0 Å². The second-order valence-corrected chi connectivity index (χ2v) is 8.49. The van der Waals surface area contributed by atoms with Gasteiger partial charge in [0.1, 0.15) is 6.54 Å². The number of para-hydroxylation sites is 1. The molecule has 0 bridgehead atoms. The average Bonchev–Trinajstić information content (AvgIpc) is 3.04. The molecule has 2 rings (SSSR count). The highest BCUT2D eigenvalue weighted by molar-refractivity contribution is 7.92. The van der Waals surface area contributed by atoms with Crippen LogP contribution in [0.25, 0.3) is 0 Å². The van der Waals surface area contributed by atoms with Crippen molar-refractivity contribution in [3.63, 3.8) is 0 Å². The van der Waals surface area contributed by atoms with Crippen LogP contribution in [0.3, 0.4) is 0 Å². The van der Waals surface area contributed by atoms with E-state index in [1.165, 1.54) is 0 Å². The van der Waals surface area contributed by atoms with Crippen LogP contribution in [-0.4, -0.2) is 27.1 Å². The summed E-state index contributed by atoms with van der Waals surface area (Å²) in [6, 6.07) is 10.9. The molecule has 1 atom stereocenters. The summed E-state index contributed by atoms with van der Waals surface area (Å²) in [4.78, 5) is 13.5. The molecule has 1 heterocycles. The van der Waals surface area contributed by atoms with Crippen molar-refractivity contribution in [2.75, 3.05) is 17.1 Å². The molecule has 0 aliphatic heterocycles. The van der Waals surface area contributed by atoms with Gasteiger partial charge in [-0.05, 0) is 36.4 Å². The molecule has 0 aliphatic carbocycles. The maximum absolute atomic E-state index is 12.4. The number of carbonyl (C=O) groups excluding carboxylic acids is 1. The third-order valence-corrected chi connectivity index (χ3v) is 5.81. The van der Waals surface area contributed by atoms with E-state index in [1.54, 1.807) is 23.5 Å². The number of sulfonamides is 1. The molecule has 1 N–H and O–H groups in total. The molecule has 1 unspecified atom stereocenters. The minimum atomic E-state index is -3.56. The number of anilines is 1. The Morgan fingerprint density at radius 3 is 2.50 bits per heavy atom. The van der Waals surface area contributed by atoms with Crippen LogP contribution in [0.1, 0.15) is 29.8 Å². The summed E-state index contributed by atoms with van der Waals surface area (Å²) >= 11 is 1.57. The molecule has 1 aromatic carbocycles. The number of nitrogens with zero attached hydrogens (tertiary/aromatic N) is 1. The molecule has 0 aliphatic rings. The van der Waals surface area contributed by atoms with Crippen LogP contribution in [0.5, 0.6) is 0 Å². The zero-order valence-corrected chi connectivity index (χ0v) is 15.7. The van der Waals surface area contributed by atoms with Gasteiger partial charge in [-0.15, -0.1) is 11.3 Å². The maximum atomic E-state index is 12.4. The number of aryl methyl sites for hydroxylation is 1. The van der Waals surface area contributed by atoms with Gasteiger partial charge in [0.2, 0.25) is 15.9 Å². The Labute approximate surface area is 147 Å². The highest BCUT2D eigenvalue weighted by Gasteiger charge is 2.23. The van der Waals surface area contributed by atoms with Crippen molar-refractivity contribution in [2.45, 2.75) is 26.3 Å². The molecule has 7 heteroatoms. The number of benzene rings is 1. The maximum Gasteiger partial charge on any atom is 0.241 e. The minimum absolute atomic E-state index is 0.101. The van der Waals surface area contributed by atoms with Gasteiger partial charge in [-0.25, -0.2) is 8.42 Å². The fourth-order valence-corrected chi connectivity index (χ4v) is 4.23. The Morgan fingerprint density at radius 2 is 1.96 bits per heavy atom. The summed E-state index contributed by atoms with van der Waals surface area (Å²) in [5.41, 5.74) is 1.33. The lowest BCUT2D eigenvalue weighted by Gasteiger charge is -2.25. The summed E-state index contributed by atoms with van der Waals surface area (Å²) in [6.45, 7) is 3.58. The molecule has 130 valence electrons. The Bertz CT molecular complexity index is 786. The first kappa shape index (κ1) is 18.5. The molecule has 1 aromatic heterocycles. The first-order valence-corrected chi connectivity index (χ1v) is 10.4. The molecular weight excluding hydrogens is 344 g/mol. The molecule has 1 amide bonds. The number of hydrogen-bond acceptors (Lipinski definition) is 4. The van der Waals surface area contributed by atoms with Crippen LogP contribution in [0.4, 0.5) is 5.69 Å². The standard InChI is InChI=1S/C17H22N2O3S2/c1-4-14(16-10-7-11-23-16)18-17(20)12-19(24(3,21)22)15-9-6-5-8-13(15)2/h5-11,14H,4,12H2,1-3H3,(H,18,20). The normalized spacial score (nSPS) is 12.6. The lowest BCUT2D eigenvalue weighted by atomic mass is 10.2. The predicted molar refractivity (Wildman–Crippen MR) is 98.9 cm³/mol. The summed E-state index contributed by atoms with van der Waals surface area (Å²) in [6.07, 6.45) is 1.86. The Hall–Kier alpha value is -1.86. The lowest BCUT2D eigenvalue weighted by Crippen LogP contribution is -2.41. The van der Waals surface area contributed by atoms with Crippen LogP contribution in [0.15, 0.2) is 41.8 Å². The van der Waals surface area contributed by atoms with E-state index in [9.17, 15) is 13.2 Å². The molecule has 2 aromatic rings. The van der Waals surface area contributed by atoms with Gasteiger partial charge < -0.3 is 5.32 Å².